The van der Waals surface area contributed by atoms with E-state index in [2.05, 4.69) is 81.3 Å². The number of aromatic nitrogens is 1. The van der Waals surface area contributed by atoms with Crippen LogP contribution in [0.4, 0.5) is 5.82 Å². The number of anilines is 1. The molecule has 3 heterocycles. The van der Waals surface area contributed by atoms with E-state index in [1.54, 1.807) is 0 Å². The Morgan fingerprint density at radius 1 is 1.09 bits per heavy atom. The zero-order valence-electron chi connectivity index (χ0n) is 19.4. The lowest BCUT2D eigenvalue weighted by Crippen LogP contribution is -2.52. The summed E-state index contributed by atoms with van der Waals surface area (Å²) in [5.41, 5.74) is 2.57. The van der Waals surface area contributed by atoms with Gasteiger partial charge >= 0.3 is 0 Å². The average molecular weight is 437 g/mol. The van der Waals surface area contributed by atoms with Gasteiger partial charge in [0, 0.05) is 58.6 Å². The van der Waals surface area contributed by atoms with Crippen molar-refractivity contribution in [2.24, 2.45) is 4.99 Å². The molecule has 7 nitrogen and oxygen atoms in total. The van der Waals surface area contributed by atoms with E-state index in [9.17, 15) is 0 Å². The number of pyridine rings is 1. The van der Waals surface area contributed by atoms with Crippen molar-refractivity contribution in [2.75, 3.05) is 57.3 Å². The first-order valence-corrected chi connectivity index (χ1v) is 11.8. The standard InChI is InChI=1S/C25H36N6O/c1-3-26-25(30-13-11-29(12-14-30)20-22-7-5-4-6-8-22)28-18-23-9-10-27-24(17-23)31-15-16-32-21(2)19-31/h4-10,17,21H,3,11-16,18-20H2,1-2H3,(H,26,28). The molecule has 0 saturated carbocycles. The van der Waals surface area contributed by atoms with E-state index in [0.717, 1.165) is 70.7 Å². The number of aliphatic imine (C=N–C) groups is 1. The quantitative estimate of drug-likeness (QED) is 0.555. The van der Waals surface area contributed by atoms with Gasteiger partial charge < -0.3 is 19.9 Å². The Hall–Kier alpha value is -2.64. The predicted molar refractivity (Wildman–Crippen MR) is 130 cm³/mol. The van der Waals surface area contributed by atoms with Gasteiger partial charge in [-0.05, 0) is 37.1 Å². The zero-order chi connectivity index (χ0) is 22.2. The summed E-state index contributed by atoms with van der Waals surface area (Å²) in [4.78, 5) is 16.8. The Labute approximate surface area is 192 Å². The molecule has 0 spiro atoms. The first-order chi connectivity index (χ1) is 15.7. The molecule has 0 amide bonds. The van der Waals surface area contributed by atoms with Crippen LogP contribution < -0.4 is 10.2 Å². The largest absolute Gasteiger partial charge is 0.375 e. The number of nitrogens with zero attached hydrogens (tertiary/aromatic N) is 5. The average Bonchev–Trinajstić information content (AvgIpc) is 2.83. The van der Waals surface area contributed by atoms with Crippen molar-refractivity contribution in [3.05, 3.63) is 59.8 Å². The van der Waals surface area contributed by atoms with E-state index >= 15 is 0 Å². The van der Waals surface area contributed by atoms with Gasteiger partial charge in [0.2, 0.25) is 0 Å². The number of rotatable bonds is 6. The number of piperazine rings is 1. The lowest BCUT2D eigenvalue weighted by atomic mass is 10.2. The van der Waals surface area contributed by atoms with Gasteiger partial charge in [0.05, 0.1) is 19.3 Å². The van der Waals surface area contributed by atoms with E-state index in [0.29, 0.717) is 6.54 Å². The topological polar surface area (TPSA) is 56.2 Å². The third-order valence-corrected chi connectivity index (χ3v) is 6.04. The molecule has 1 aromatic heterocycles. The summed E-state index contributed by atoms with van der Waals surface area (Å²) in [6, 6.07) is 15.0. The van der Waals surface area contributed by atoms with Crippen molar-refractivity contribution in [3.63, 3.8) is 0 Å². The fourth-order valence-electron chi connectivity index (χ4n) is 4.31. The van der Waals surface area contributed by atoms with Crippen molar-refractivity contribution >= 4 is 11.8 Å². The molecular formula is C25H36N6O. The molecule has 172 valence electrons. The first-order valence-electron chi connectivity index (χ1n) is 11.8. The highest BCUT2D eigenvalue weighted by Gasteiger charge is 2.20. The number of benzene rings is 1. The van der Waals surface area contributed by atoms with E-state index in [1.165, 1.54) is 11.1 Å². The Bertz CT molecular complexity index is 866. The number of ether oxygens (including phenoxy) is 1. The van der Waals surface area contributed by atoms with Crippen LogP contribution in [0.1, 0.15) is 25.0 Å². The van der Waals surface area contributed by atoms with Crippen LogP contribution in [0.2, 0.25) is 0 Å². The van der Waals surface area contributed by atoms with Gasteiger partial charge in [-0.25, -0.2) is 9.98 Å². The van der Waals surface area contributed by atoms with E-state index in [1.807, 2.05) is 6.20 Å². The Kier molecular flexibility index (Phi) is 7.96. The summed E-state index contributed by atoms with van der Waals surface area (Å²) in [5, 5.41) is 3.49. The fraction of sp³-hybridized carbons (Fsp3) is 0.520. The third-order valence-electron chi connectivity index (χ3n) is 6.04. The van der Waals surface area contributed by atoms with Gasteiger partial charge in [-0.2, -0.15) is 0 Å². The minimum Gasteiger partial charge on any atom is -0.375 e. The molecule has 1 atom stereocenters. The van der Waals surface area contributed by atoms with Crippen LogP contribution in [0.3, 0.4) is 0 Å². The van der Waals surface area contributed by atoms with Crippen LogP contribution in [0, 0.1) is 0 Å². The Morgan fingerprint density at radius 3 is 2.66 bits per heavy atom. The van der Waals surface area contributed by atoms with Crippen LogP contribution in [-0.4, -0.2) is 79.3 Å². The molecule has 0 bridgehead atoms. The van der Waals surface area contributed by atoms with Gasteiger partial charge in [0.15, 0.2) is 5.96 Å². The van der Waals surface area contributed by atoms with Crippen LogP contribution in [-0.2, 0) is 17.8 Å². The molecule has 2 saturated heterocycles. The molecular weight excluding hydrogens is 400 g/mol. The highest BCUT2D eigenvalue weighted by molar-refractivity contribution is 5.80. The summed E-state index contributed by atoms with van der Waals surface area (Å²) in [6.45, 7) is 13.4. The van der Waals surface area contributed by atoms with Crippen molar-refractivity contribution in [1.82, 2.24) is 20.1 Å². The highest BCUT2D eigenvalue weighted by Crippen LogP contribution is 2.17. The number of nitrogens with one attached hydrogen (secondary N) is 1. The Morgan fingerprint density at radius 2 is 1.91 bits per heavy atom. The second-order valence-corrected chi connectivity index (χ2v) is 8.57. The predicted octanol–water partition coefficient (Wildman–Crippen LogP) is 2.59. The third kappa shape index (κ3) is 6.20. The summed E-state index contributed by atoms with van der Waals surface area (Å²) < 4.78 is 5.67. The molecule has 1 aromatic carbocycles. The van der Waals surface area contributed by atoms with Gasteiger partial charge in [-0.15, -0.1) is 0 Å². The lowest BCUT2D eigenvalue weighted by Gasteiger charge is -2.36. The second-order valence-electron chi connectivity index (χ2n) is 8.57. The van der Waals surface area contributed by atoms with Crippen LogP contribution in [0.25, 0.3) is 0 Å². The van der Waals surface area contributed by atoms with Gasteiger partial charge in [-0.1, -0.05) is 30.3 Å². The van der Waals surface area contributed by atoms with Crippen molar-refractivity contribution in [3.8, 4) is 0 Å². The number of hydrogen-bond donors (Lipinski definition) is 1. The summed E-state index contributed by atoms with van der Waals surface area (Å²) in [6.07, 6.45) is 2.14. The lowest BCUT2D eigenvalue weighted by molar-refractivity contribution is 0.0529. The smallest absolute Gasteiger partial charge is 0.194 e. The molecule has 1 unspecified atom stereocenters. The fourth-order valence-corrected chi connectivity index (χ4v) is 4.31. The van der Waals surface area contributed by atoms with Crippen molar-refractivity contribution < 1.29 is 4.74 Å². The Balaban J connectivity index is 1.35. The number of morpholine rings is 1. The van der Waals surface area contributed by atoms with Gasteiger partial charge in [0.25, 0.3) is 0 Å². The molecule has 0 radical (unpaired) electrons. The summed E-state index contributed by atoms with van der Waals surface area (Å²) >= 11 is 0. The molecule has 2 fully saturated rings. The molecule has 2 aromatic rings. The monoisotopic (exact) mass is 436 g/mol. The normalized spacial score (nSPS) is 20.4. The maximum atomic E-state index is 5.67. The van der Waals surface area contributed by atoms with Crippen molar-refractivity contribution in [1.29, 1.82) is 0 Å². The summed E-state index contributed by atoms with van der Waals surface area (Å²) in [5.74, 6) is 2.03. The highest BCUT2D eigenvalue weighted by atomic mass is 16.5. The van der Waals surface area contributed by atoms with Gasteiger partial charge in [0.1, 0.15) is 5.82 Å². The molecule has 32 heavy (non-hydrogen) atoms. The SMILES string of the molecule is CCNC(=NCc1ccnc(N2CCOC(C)C2)c1)N1CCN(Cc2ccccc2)CC1. The molecule has 2 aliphatic rings. The minimum atomic E-state index is 0.244. The molecule has 2 aliphatic heterocycles. The van der Waals surface area contributed by atoms with Gasteiger partial charge in [-0.3, -0.25) is 4.90 Å². The van der Waals surface area contributed by atoms with Crippen LogP contribution >= 0.6 is 0 Å². The van der Waals surface area contributed by atoms with E-state index in [-0.39, 0.29) is 6.10 Å². The van der Waals surface area contributed by atoms with Crippen LogP contribution in [0.5, 0.6) is 0 Å². The van der Waals surface area contributed by atoms with Crippen molar-refractivity contribution in [2.45, 2.75) is 33.0 Å². The molecule has 4 rings (SSSR count). The minimum absolute atomic E-state index is 0.244. The zero-order valence-corrected chi connectivity index (χ0v) is 19.4. The molecule has 7 heteroatoms. The van der Waals surface area contributed by atoms with Crippen LogP contribution in [0.15, 0.2) is 53.7 Å². The van der Waals surface area contributed by atoms with E-state index < -0.39 is 0 Å². The maximum Gasteiger partial charge on any atom is 0.194 e. The second kappa shape index (κ2) is 11.3. The summed E-state index contributed by atoms with van der Waals surface area (Å²) in [7, 11) is 0. The number of guanidine groups is 1. The van der Waals surface area contributed by atoms with E-state index in [4.69, 9.17) is 9.73 Å². The maximum absolute atomic E-state index is 5.67. The first kappa shape index (κ1) is 22.6. The molecule has 0 aliphatic carbocycles. The number of hydrogen-bond acceptors (Lipinski definition) is 5. The molecule has 1 N–H and O–H groups in total.